The van der Waals surface area contributed by atoms with Gasteiger partial charge in [-0.2, -0.15) is 13.2 Å². The lowest BCUT2D eigenvalue weighted by Crippen LogP contribution is -2.46. The molecule has 2 saturated heterocycles. The standard InChI is InChI=1S/C28H19ClF3N3O3/c29-17-8-10-19(11-9-17)35-26(37)21-22(27(35)38)24(34-13-12-15-4-1-2-7-20(15)23(21)34)25(36)33-18-6-3-5-16(14-18)28(30,31)32/h1-14,21-24H,(H,33,36). The second-order valence-electron chi connectivity index (χ2n) is 9.39. The van der Waals surface area contributed by atoms with Crippen molar-refractivity contribution in [2.24, 2.45) is 11.8 Å². The fraction of sp³-hybridized carbons (Fsp3) is 0.179. The number of nitrogens with zero attached hydrogens (tertiary/aromatic N) is 2. The van der Waals surface area contributed by atoms with Crippen molar-refractivity contribution in [1.82, 2.24) is 4.90 Å². The van der Waals surface area contributed by atoms with Gasteiger partial charge in [-0.1, -0.05) is 41.9 Å². The van der Waals surface area contributed by atoms with E-state index >= 15 is 0 Å². The van der Waals surface area contributed by atoms with Crippen LogP contribution in [0.15, 0.2) is 79.0 Å². The van der Waals surface area contributed by atoms with E-state index in [1.165, 1.54) is 12.1 Å². The summed E-state index contributed by atoms with van der Waals surface area (Å²) in [5.74, 6) is -3.60. The third-order valence-electron chi connectivity index (χ3n) is 7.27. The van der Waals surface area contributed by atoms with Gasteiger partial charge >= 0.3 is 6.18 Å². The Morgan fingerprint density at radius 3 is 2.34 bits per heavy atom. The minimum Gasteiger partial charge on any atom is -0.357 e. The summed E-state index contributed by atoms with van der Waals surface area (Å²) in [7, 11) is 0. The molecule has 3 heterocycles. The fourth-order valence-electron chi connectivity index (χ4n) is 5.69. The molecule has 3 aliphatic heterocycles. The maximum absolute atomic E-state index is 13.8. The molecule has 3 aromatic carbocycles. The van der Waals surface area contributed by atoms with E-state index in [9.17, 15) is 27.6 Å². The monoisotopic (exact) mass is 537 g/mol. The molecule has 1 N–H and O–H groups in total. The van der Waals surface area contributed by atoms with Crippen molar-refractivity contribution in [3.63, 3.8) is 0 Å². The number of anilines is 2. The number of nitrogens with one attached hydrogen (secondary N) is 1. The summed E-state index contributed by atoms with van der Waals surface area (Å²) in [5.41, 5.74) is 1.01. The van der Waals surface area contributed by atoms with Gasteiger partial charge in [-0.3, -0.25) is 14.4 Å². The quantitative estimate of drug-likeness (QED) is 0.447. The van der Waals surface area contributed by atoms with Crippen LogP contribution in [0, 0.1) is 11.8 Å². The Morgan fingerprint density at radius 1 is 0.895 bits per heavy atom. The zero-order valence-electron chi connectivity index (χ0n) is 19.5. The van der Waals surface area contributed by atoms with Crippen molar-refractivity contribution >= 4 is 46.8 Å². The lowest BCUT2D eigenvalue weighted by Gasteiger charge is -2.35. The van der Waals surface area contributed by atoms with Gasteiger partial charge in [0.25, 0.3) is 0 Å². The molecule has 2 fully saturated rings. The molecule has 10 heteroatoms. The molecule has 3 amide bonds. The van der Waals surface area contributed by atoms with E-state index in [1.54, 1.807) is 41.4 Å². The van der Waals surface area contributed by atoms with Gasteiger partial charge in [-0.25, -0.2) is 4.90 Å². The highest BCUT2D eigenvalue weighted by Gasteiger charge is 2.64. The number of amides is 3. The maximum atomic E-state index is 13.8. The number of halogens is 4. The van der Waals surface area contributed by atoms with Gasteiger partial charge in [0.05, 0.1) is 29.1 Å². The average Bonchev–Trinajstić information content (AvgIpc) is 3.37. The van der Waals surface area contributed by atoms with Crippen LogP contribution in [0.3, 0.4) is 0 Å². The van der Waals surface area contributed by atoms with Crippen LogP contribution in [0.4, 0.5) is 24.5 Å². The van der Waals surface area contributed by atoms with Crippen LogP contribution in [-0.2, 0) is 20.6 Å². The molecule has 0 saturated carbocycles. The Balaban J connectivity index is 1.41. The van der Waals surface area contributed by atoms with Crippen molar-refractivity contribution in [2.75, 3.05) is 10.2 Å². The van der Waals surface area contributed by atoms with Crippen molar-refractivity contribution in [2.45, 2.75) is 18.3 Å². The summed E-state index contributed by atoms with van der Waals surface area (Å²) in [4.78, 5) is 44.0. The predicted molar refractivity (Wildman–Crippen MR) is 135 cm³/mol. The summed E-state index contributed by atoms with van der Waals surface area (Å²) >= 11 is 5.99. The number of fused-ring (bicyclic) bond motifs is 5. The first-order chi connectivity index (χ1) is 18.1. The Bertz CT molecular complexity index is 1500. The third kappa shape index (κ3) is 3.77. The summed E-state index contributed by atoms with van der Waals surface area (Å²) in [6.07, 6.45) is -1.12. The van der Waals surface area contributed by atoms with Crippen LogP contribution < -0.4 is 10.2 Å². The third-order valence-corrected chi connectivity index (χ3v) is 7.52. The van der Waals surface area contributed by atoms with E-state index in [-0.39, 0.29) is 5.69 Å². The highest BCUT2D eigenvalue weighted by Crippen LogP contribution is 2.53. The first-order valence-corrected chi connectivity index (χ1v) is 12.2. The molecule has 3 aromatic rings. The minimum atomic E-state index is -4.59. The first kappa shape index (κ1) is 24.2. The molecule has 192 valence electrons. The first-order valence-electron chi connectivity index (χ1n) is 11.8. The van der Waals surface area contributed by atoms with Crippen LogP contribution in [0.1, 0.15) is 22.7 Å². The highest BCUT2D eigenvalue weighted by atomic mass is 35.5. The normalized spacial score (nSPS) is 23.8. The average molecular weight is 538 g/mol. The molecular weight excluding hydrogens is 519 g/mol. The second-order valence-corrected chi connectivity index (χ2v) is 9.83. The molecule has 38 heavy (non-hydrogen) atoms. The molecule has 4 atom stereocenters. The molecule has 0 bridgehead atoms. The van der Waals surface area contributed by atoms with Gasteiger partial charge in [0, 0.05) is 16.9 Å². The number of benzene rings is 3. The van der Waals surface area contributed by atoms with Crippen LogP contribution in [0.5, 0.6) is 0 Å². The zero-order chi connectivity index (χ0) is 26.8. The van der Waals surface area contributed by atoms with E-state index < -0.39 is 53.4 Å². The Labute approximate surface area is 220 Å². The number of imide groups is 1. The smallest absolute Gasteiger partial charge is 0.357 e. The van der Waals surface area contributed by atoms with Crippen LogP contribution >= 0.6 is 11.6 Å². The predicted octanol–water partition coefficient (Wildman–Crippen LogP) is 5.51. The van der Waals surface area contributed by atoms with E-state index in [1.807, 2.05) is 24.3 Å². The van der Waals surface area contributed by atoms with Crippen LogP contribution in [0.2, 0.25) is 5.02 Å². The van der Waals surface area contributed by atoms with Crippen LogP contribution in [0.25, 0.3) is 6.08 Å². The van der Waals surface area contributed by atoms with E-state index in [2.05, 4.69) is 5.32 Å². The maximum Gasteiger partial charge on any atom is 0.416 e. The minimum absolute atomic E-state index is 0.0578. The van der Waals surface area contributed by atoms with Gasteiger partial charge < -0.3 is 10.2 Å². The SMILES string of the molecule is O=C(Nc1cccc(C(F)(F)F)c1)C1C2C(=O)N(c3ccc(Cl)cc3)C(=O)C2C2c3ccccc3C=CN12. The zero-order valence-corrected chi connectivity index (χ0v) is 20.3. The Hall–Kier alpha value is -4.11. The number of carbonyl (C=O) groups excluding carboxylic acids is 3. The molecular formula is C28H19ClF3N3O3. The molecule has 3 aliphatic rings. The summed E-state index contributed by atoms with van der Waals surface area (Å²) in [6, 6.07) is 16.2. The topological polar surface area (TPSA) is 69.7 Å². The van der Waals surface area contributed by atoms with Crippen molar-refractivity contribution in [3.8, 4) is 0 Å². The Morgan fingerprint density at radius 2 is 1.61 bits per heavy atom. The molecule has 0 aliphatic carbocycles. The molecule has 0 aromatic heterocycles. The van der Waals surface area contributed by atoms with Gasteiger partial charge in [-0.05, 0) is 59.7 Å². The van der Waals surface area contributed by atoms with Crippen LogP contribution in [-0.4, -0.2) is 28.7 Å². The molecule has 6 nitrogen and oxygen atoms in total. The van der Waals surface area contributed by atoms with Crippen molar-refractivity contribution in [1.29, 1.82) is 0 Å². The van der Waals surface area contributed by atoms with Gasteiger partial charge in [0.2, 0.25) is 17.7 Å². The van der Waals surface area contributed by atoms with Gasteiger partial charge in [0.1, 0.15) is 6.04 Å². The Kier molecular flexibility index (Phi) is 5.57. The molecule has 6 rings (SSSR count). The van der Waals surface area contributed by atoms with Gasteiger partial charge in [0.15, 0.2) is 0 Å². The molecule has 0 radical (unpaired) electrons. The summed E-state index contributed by atoms with van der Waals surface area (Å²) < 4.78 is 39.7. The number of hydrogen-bond donors (Lipinski definition) is 1. The second kappa shape index (κ2) is 8.73. The number of rotatable bonds is 3. The lowest BCUT2D eigenvalue weighted by atomic mass is 9.84. The van der Waals surface area contributed by atoms with E-state index in [4.69, 9.17) is 11.6 Å². The number of alkyl halides is 3. The lowest BCUT2D eigenvalue weighted by molar-refractivity contribution is -0.137. The number of hydrogen-bond acceptors (Lipinski definition) is 4. The van der Waals surface area contributed by atoms with Gasteiger partial charge in [-0.15, -0.1) is 0 Å². The summed E-state index contributed by atoms with van der Waals surface area (Å²) in [6.45, 7) is 0. The molecule has 4 unspecified atom stereocenters. The largest absolute Gasteiger partial charge is 0.416 e. The van der Waals surface area contributed by atoms with E-state index in [0.717, 1.165) is 28.2 Å². The highest BCUT2D eigenvalue weighted by molar-refractivity contribution is 6.31. The number of carbonyl (C=O) groups is 3. The van der Waals surface area contributed by atoms with Crippen molar-refractivity contribution < 1.29 is 27.6 Å². The van der Waals surface area contributed by atoms with E-state index in [0.29, 0.717) is 10.7 Å². The fourth-order valence-corrected chi connectivity index (χ4v) is 5.82. The van der Waals surface area contributed by atoms with Crippen molar-refractivity contribution in [3.05, 3.63) is 101 Å². The molecule has 0 spiro atoms. The summed E-state index contributed by atoms with van der Waals surface area (Å²) in [5, 5.41) is 2.98.